The smallest absolute Gasteiger partial charge is 0.242 e. The van der Waals surface area contributed by atoms with Crippen molar-refractivity contribution >= 4 is 10.0 Å². The van der Waals surface area contributed by atoms with Crippen molar-refractivity contribution in [1.82, 2.24) is 4.31 Å². The van der Waals surface area contributed by atoms with Crippen LogP contribution in [-0.4, -0.2) is 31.4 Å². The van der Waals surface area contributed by atoms with Crippen molar-refractivity contribution in [3.8, 4) is 0 Å². The first kappa shape index (κ1) is 16.5. The molecule has 0 aliphatic heterocycles. The highest BCUT2D eigenvalue weighted by molar-refractivity contribution is 7.89. The predicted octanol–water partition coefficient (Wildman–Crippen LogP) is 2.69. The van der Waals surface area contributed by atoms with Crippen molar-refractivity contribution in [3.05, 3.63) is 29.3 Å². The minimum Gasteiger partial charge on any atom is -0.392 e. The molecule has 118 valence electrons. The fourth-order valence-corrected chi connectivity index (χ4v) is 4.29. The largest absolute Gasteiger partial charge is 0.392 e. The molecule has 5 heteroatoms. The average molecular weight is 311 g/mol. The molecule has 1 aliphatic carbocycles. The summed E-state index contributed by atoms with van der Waals surface area (Å²) in [6.45, 7) is 2.32. The molecule has 0 spiro atoms. The van der Waals surface area contributed by atoms with Gasteiger partial charge in [-0.3, -0.25) is 0 Å². The second-order valence-corrected chi connectivity index (χ2v) is 8.08. The molecule has 1 aromatic rings. The zero-order chi connectivity index (χ0) is 15.5. The maximum atomic E-state index is 12.6. The van der Waals surface area contributed by atoms with Crippen LogP contribution in [0.2, 0.25) is 0 Å². The highest BCUT2D eigenvalue weighted by atomic mass is 32.2. The standard InChI is InChI=1S/C16H25NO3S/c1-13-8-9-16(10-15(13)12-18)21(19,20)17(2)11-14-6-4-3-5-7-14/h8-10,14,18H,3-7,11-12H2,1-2H3. The van der Waals surface area contributed by atoms with Gasteiger partial charge in [0.2, 0.25) is 10.0 Å². The van der Waals surface area contributed by atoms with E-state index in [-0.39, 0.29) is 11.5 Å². The fourth-order valence-electron chi connectivity index (χ4n) is 2.99. The SMILES string of the molecule is Cc1ccc(S(=O)(=O)N(C)CC2CCCCC2)cc1CO. The molecule has 0 radical (unpaired) electrons. The summed E-state index contributed by atoms with van der Waals surface area (Å²) < 4.78 is 26.7. The highest BCUT2D eigenvalue weighted by Gasteiger charge is 2.25. The van der Waals surface area contributed by atoms with Gasteiger partial charge in [0.1, 0.15) is 0 Å². The fraction of sp³-hybridized carbons (Fsp3) is 0.625. The van der Waals surface area contributed by atoms with Crippen LogP contribution in [0.4, 0.5) is 0 Å². The zero-order valence-corrected chi connectivity index (χ0v) is 13.7. The summed E-state index contributed by atoms with van der Waals surface area (Å²) in [5.41, 5.74) is 1.58. The molecule has 0 saturated heterocycles. The zero-order valence-electron chi connectivity index (χ0n) is 12.9. The van der Waals surface area contributed by atoms with Crippen molar-refractivity contribution < 1.29 is 13.5 Å². The van der Waals surface area contributed by atoms with Crippen LogP contribution in [0, 0.1) is 12.8 Å². The van der Waals surface area contributed by atoms with E-state index in [0.717, 1.165) is 18.4 Å². The van der Waals surface area contributed by atoms with Gasteiger partial charge in [0.05, 0.1) is 11.5 Å². The van der Waals surface area contributed by atoms with Gasteiger partial charge in [-0.15, -0.1) is 0 Å². The molecule has 0 amide bonds. The van der Waals surface area contributed by atoms with Gasteiger partial charge in [0.15, 0.2) is 0 Å². The molecule has 0 bridgehead atoms. The first-order valence-electron chi connectivity index (χ1n) is 7.62. The van der Waals surface area contributed by atoms with E-state index in [1.54, 1.807) is 25.2 Å². The predicted molar refractivity (Wildman–Crippen MR) is 83.5 cm³/mol. The van der Waals surface area contributed by atoms with Gasteiger partial charge in [-0.1, -0.05) is 25.3 Å². The van der Waals surface area contributed by atoms with E-state index in [1.807, 2.05) is 6.92 Å². The Bertz CT molecular complexity index is 577. The molecule has 2 rings (SSSR count). The molecule has 1 saturated carbocycles. The number of aliphatic hydroxyl groups is 1. The summed E-state index contributed by atoms with van der Waals surface area (Å²) in [5, 5.41) is 9.30. The first-order chi connectivity index (χ1) is 9.95. The second kappa shape index (κ2) is 6.90. The third-order valence-corrected chi connectivity index (χ3v) is 6.26. The number of hydrogen-bond acceptors (Lipinski definition) is 3. The molecule has 1 N–H and O–H groups in total. The van der Waals surface area contributed by atoms with Gasteiger partial charge >= 0.3 is 0 Å². The Hall–Kier alpha value is -0.910. The minimum absolute atomic E-state index is 0.137. The Balaban J connectivity index is 2.16. The van der Waals surface area contributed by atoms with Crippen LogP contribution in [-0.2, 0) is 16.6 Å². The van der Waals surface area contributed by atoms with Gasteiger partial charge in [0, 0.05) is 13.6 Å². The molecule has 4 nitrogen and oxygen atoms in total. The van der Waals surface area contributed by atoms with Crippen LogP contribution in [0.25, 0.3) is 0 Å². The molecular formula is C16H25NO3S. The van der Waals surface area contributed by atoms with E-state index in [4.69, 9.17) is 0 Å². The average Bonchev–Trinajstić information content (AvgIpc) is 2.48. The molecule has 1 aliphatic rings. The summed E-state index contributed by atoms with van der Waals surface area (Å²) >= 11 is 0. The Kier molecular flexibility index (Phi) is 5.41. The topological polar surface area (TPSA) is 57.6 Å². The third-order valence-electron chi connectivity index (χ3n) is 4.44. The summed E-state index contributed by atoms with van der Waals surface area (Å²) in [7, 11) is -1.81. The van der Waals surface area contributed by atoms with Crippen molar-refractivity contribution in [2.24, 2.45) is 5.92 Å². The van der Waals surface area contributed by atoms with Gasteiger partial charge in [0.25, 0.3) is 0 Å². The molecule has 0 aromatic heterocycles. The molecule has 0 unspecified atom stereocenters. The molecule has 0 heterocycles. The van der Waals surface area contributed by atoms with E-state index in [0.29, 0.717) is 18.0 Å². The van der Waals surface area contributed by atoms with Gasteiger partial charge in [-0.2, -0.15) is 0 Å². The van der Waals surface area contributed by atoms with Crippen LogP contribution >= 0.6 is 0 Å². The molecule has 1 aromatic carbocycles. The summed E-state index contributed by atoms with van der Waals surface area (Å²) in [6.07, 6.45) is 5.92. The Morgan fingerprint density at radius 1 is 1.24 bits per heavy atom. The van der Waals surface area contributed by atoms with E-state index in [2.05, 4.69) is 0 Å². The first-order valence-corrected chi connectivity index (χ1v) is 9.06. The van der Waals surface area contributed by atoms with Crippen molar-refractivity contribution in [2.45, 2.75) is 50.5 Å². The second-order valence-electron chi connectivity index (χ2n) is 6.04. The number of nitrogens with zero attached hydrogens (tertiary/aromatic N) is 1. The van der Waals surface area contributed by atoms with Crippen molar-refractivity contribution in [2.75, 3.05) is 13.6 Å². The monoisotopic (exact) mass is 311 g/mol. The third kappa shape index (κ3) is 3.84. The maximum absolute atomic E-state index is 12.6. The Morgan fingerprint density at radius 3 is 2.52 bits per heavy atom. The van der Waals surface area contributed by atoms with Gasteiger partial charge < -0.3 is 5.11 Å². The van der Waals surface area contributed by atoms with E-state index >= 15 is 0 Å². The minimum atomic E-state index is -3.47. The summed E-state index contributed by atoms with van der Waals surface area (Å²) in [5.74, 6) is 0.473. The number of rotatable bonds is 5. The van der Waals surface area contributed by atoms with Crippen molar-refractivity contribution in [1.29, 1.82) is 0 Å². The van der Waals surface area contributed by atoms with E-state index in [1.165, 1.54) is 23.6 Å². The summed E-state index contributed by atoms with van der Waals surface area (Å²) in [6, 6.07) is 4.97. The quantitative estimate of drug-likeness (QED) is 0.909. The van der Waals surface area contributed by atoms with E-state index < -0.39 is 10.0 Å². The molecule has 21 heavy (non-hydrogen) atoms. The lowest BCUT2D eigenvalue weighted by Crippen LogP contribution is -2.32. The highest BCUT2D eigenvalue weighted by Crippen LogP contribution is 2.26. The van der Waals surface area contributed by atoms with E-state index in [9.17, 15) is 13.5 Å². The van der Waals surface area contributed by atoms with Gasteiger partial charge in [-0.25, -0.2) is 12.7 Å². The maximum Gasteiger partial charge on any atom is 0.242 e. The number of hydrogen-bond donors (Lipinski definition) is 1. The van der Waals surface area contributed by atoms with Gasteiger partial charge in [-0.05, 0) is 48.9 Å². The number of sulfonamides is 1. The molecule has 1 fully saturated rings. The molecule has 0 atom stereocenters. The van der Waals surface area contributed by atoms with Crippen molar-refractivity contribution in [3.63, 3.8) is 0 Å². The lowest BCUT2D eigenvalue weighted by molar-refractivity contribution is 0.280. The molecular weight excluding hydrogens is 286 g/mol. The lowest BCUT2D eigenvalue weighted by atomic mass is 9.89. The number of benzene rings is 1. The summed E-state index contributed by atoms with van der Waals surface area (Å²) in [4.78, 5) is 0.274. The number of aliphatic hydroxyl groups excluding tert-OH is 1. The van der Waals surface area contributed by atoms with Crippen LogP contribution in [0.5, 0.6) is 0 Å². The lowest BCUT2D eigenvalue weighted by Gasteiger charge is -2.26. The Morgan fingerprint density at radius 2 is 1.90 bits per heavy atom. The number of aryl methyl sites for hydroxylation is 1. The van der Waals surface area contributed by atoms with Crippen LogP contribution in [0.15, 0.2) is 23.1 Å². The normalized spacial score (nSPS) is 17.3. The van der Waals surface area contributed by atoms with Crippen LogP contribution in [0.1, 0.15) is 43.2 Å². The van der Waals surface area contributed by atoms with Crippen LogP contribution in [0.3, 0.4) is 0 Å². The van der Waals surface area contributed by atoms with Crippen LogP contribution < -0.4 is 0 Å². The Labute approximate surface area is 127 Å².